The topological polar surface area (TPSA) is 32.3 Å². The zero-order valence-corrected chi connectivity index (χ0v) is 12.9. The maximum absolute atomic E-state index is 10.2. The number of hydrogen-bond donors (Lipinski definition) is 2. The van der Waals surface area contributed by atoms with E-state index in [1.54, 1.807) is 0 Å². The third-order valence-electron chi connectivity index (χ3n) is 4.61. The molecule has 0 heterocycles. The average Bonchev–Trinajstić information content (AvgIpc) is 2.65. The molecule has 1 aromatic rings. The van der Waals surface area contributed by atoms with Crippen molar-refractivity contribution < 1.29 is 5.11 Å². The number of rotatable bonds is 5. The van der Waals surface area contributed by atoms with Crippen LogP contribution < -0.4 is 5.32 Å². The summed E-state index contributed by atoms with van der Waals surface area (Å²) in [7, 11) is 0. The molecular weight excluding hydrogens is 246 g/mol. The molecule has 3 unspecified atom stereocenters. The second-order valence-corrected chi connectivity index (χ2v) is 6.48. The summed E-state index contributed by atoms with van der Waals surface area (Å²) in [6.07, 6.45) is 5.58. The predicted octanol–water partition coefficient (Wildman–Crippen LogP) is 3.71. The molecule has 0 aliphatic heterocycles. The van der Waals surface area contributed by atoms with E-state index in [4.69, 9.17) is 0 Å². The summed E-state index contributed by atoms with van der Waals surface area (Å²) in [6.45, 7) is 5.52. The number of aliphatic hydroxyl groups is 1. The molecule has 0 radical (unpaired) electrons. The standard InChI is InChI=1S/C18H29NO/c1-14(2)16(15-9-5-3-6-10-15)13-19-17-11-7-4-8-12-18(17)20/h3,5-6,9-10,14,16-20H,4,7-8,11-13H2,1-2H3. The van der Waals surface area contributed by atoms with Crippen molar-refractivity contribution >= 4 is 0 Å². The summed E-state index contributed by atoms with van der Waals surface area (Å²) >= 11 is 0. The van der Waals surface area contributed by atoms with Gasteiger partial charge in [-0.25, -0.2) is 0 Å². The minimum absolute atomic E-state index is 0.166. The lowest BCUT2D eigenvalue weighted by Gasteiger charge is -2.27. The highest BCUT2D eigenvalue weighted by molar-refractivity contribution is 5.20. The van der Waals surface area contributed by atoms with Crippen molar-refractivity contribution in [2.45, 2.75) is 64.0 Å². The molecule has 20 heavy (non-hydrogen) atoms. The van der Waals surface area contributed by atoms with Gasteiger partial charge < -0.3 is 10.4 Å². The van der Waals surface area contributed by atoms with Gasteiger partial charge in [-0.1, -0.05) is 63.4 Å². The van der Waals surface area contributed by atoms with Crippen molar-refractivity contribution in [2.24, 2.45) is 5.92 Å². The Morgan fingerprint density at radius 3 is 2.50 bits per heavy atom. The molecule has 2 N–H and O–H groups in total. The third kappa shape index (κ3) is 4.32. The van der Waals surface area contributed by atoms with E-state index in [1.165, 1.54) is 24.8 Å². The normalized spacial score (nSPS) is 25.4. The molecule has 0 saturated heterocycles. The number of benzene rings is 1. The summed E-state index contributed by atoms with van der Waals surface area (Å²) < 4.78 is 0. The number of nitrogens with one attached hydrogen (secondary N) is 1. The summed E-state index contributed by atoms with van der Waals surface area (Å²) in [5, 5.41) is 13.8. The highest BCUT2D eigenvalue weighted by atomic mass is 16.3. The van der Waals surface area contributed by atoms with Gasteiger partial charge in [-0.3, -0.25) is 0 Å². The van der Waals surface area contributed by atoms with E-state index in [2.05, 4.69) is 49.5 Å². The van der Waals surface area contributed by atoms with E-state index in [-0.39, 0.29) is 12.1 Å². The van der Waals surface area contributed by atoms with Crippen LogP contribution in [0.5, 0.6) is 0 Å². The Balaban J connectivity index is 1.95. The second kappa shape index (κ2) is 7.80. The van der Waals surface area contributed by atoms with Gasteiger partial charge in [0.1, 0.15) is 0 Å². The number of hydrogen-bond acceptors (Lipinski definition) is 2. The fraction of sp³-hybridized carbons (Fsp3) is 0.667. The quantitative estimate of drug-likeness (QED) is 0.803. The Kier molecular flexibility index (Phi) is 6.06. The fourth-order valence-corrected chi connectivity index (χ4v) is 3.24. The van der Waals surface area contributed by atoms with Gasteiger partial charge in [0.05, 0.1) is 6.10 Å². The molecule has 0 amide bonds. The van der Waals surface area contributed by atoms with Gasteiger partial charge in [0, 0.05) is 12.6 Å². The van der Waals surface area contributed by atoms with Gasteiger partial charge in [0.15, 0.2) is 0 Å². The first-order valence-electron chi connectivity index (χ1n) is 8.15. The van der Waals surface area contributed by atoms with Crippen molar-refractivity contribution in [2.75, 3.05) is 6.54 Å². The van der Waals surface area contributed by atoms with Crippen molar-refractivity contribution in [3.63, 3.8) is 0 Å². The molecule has 0 spiro atoms. The zero-order valence-electron chi connectivity index (χ0n) is 12.9. The summed E-state index contributed by atoms with van der Waals surface area (Å²) in [6, 6.07) is 11.0. The molecule has 1 aliphatic rings. The lowest BCUT2D eigenvalue weighted by molar-refractivity contribution is 0.118. The Bertz CT molecular complexity index is 376. The molecule has 3 atom stereocenters. The van der Waals surface area contributed by atoms with Gasteiger partial charge in [0.2, 0.25) is 0 Å². The minimum atomic E-state index is -0.166. The Morgan fingerprint density at radius 2 is 1.80 bits per heavy atom. The van der Waals surface area contributed by atoms with E-state index < -0.39 is 0 Å². The van der Waals surface area contributed by atoms with Crippen LogP contribution in [0.4, 0.5) is 0 Å². The van der Waals surface area contributed by atoms with Crippen LogP contribution >= 0.6 is 0 Å². The Hall–Kier alpha value is -0.860. The first-order chi connectivity index (χ1) is 9.68. The van der Waals surface area contributed by atoms with Crippen LogP contribution in [0.2, 0.25) is 0 Å². The molecule has 1 aromatic carbocycles. The molecule has 0 bridgehead atoms. The van der Waals surface area contributed by atoms with Crippen molar-refractivity contribution in [3.8, 4) is 0 Å². The van der Waals surface area contributed by atoms with Crippen LogP contribution in [0.25, 0.3) is 0 Å². The van der Waals surface area contributed by atoms with Gasteiger partial charge in [-0.2, -0.15) is 0 Å². The zero-order chi connectivity index (χ0) is 14.4. The Labute approximate surface area is 123 Å². The van der Waals surface area contributed by atoms with E-state index >= 15 is 0 Å². The average molecular weight is 275 g/mol. The van der Waals surface area contributed by atoms with Crippen molar-refractivity contribution in [3.05, 3.63) is 35.9 Å². The monoisotopic (exact) mass is 275 g/mol. The van der Waals surface area contributed by atoms with Gasteiger partial charge in [-0.15, -0.1) is 0 Å². The first kappa shape index (κ1) is 15.5. The molecule has 2 rings (SSSR count). The highest BCUT2D eigenvalue weighted by Gasteiger charge is 2.23. The maximum Gasteiger partial charge on any atom is 0.0693 e. The largest absolute Gasteiger partial charge is 0.392 e. The molecular formula is C18H29NO. The molecule has 2 heteroatoms. The molecule has 0 aromatic heterocycles. The molecule has 1 fully saturated rings. The van der Waals surface area contributed by atoms with E-state index in [0.29, 0.717) is 11.8 Å². The molecule has 112 valence electrons. The van der Waals surface area contributed by atoms with Crippen LogP contribution in [0.3, 0.4) is 0 Å². The highest BCUT2D eigenvalue weighted by Crippen LogP contribution is 2.25. The van der Waals surface area contributed by atoms with Crippen molar-refractivity contribution in [1.29, 1.82) is 0 Å². The Morgan fingerprint density at radius 1 is 1.10 bits per heavy atom. The SMILES string of the molecule is CC(C)C(CNC1CCCCCC1O)c1ccccc1. The third-order valence-corrected chi connectivity index (χ3v) is 4.61. The summed E-state index contributed by atoms with van der Waals surface area (Å²) in [5.41, 5.74) is 1.40. The summed E-state index contributed by atoms with van der Waals surface area (Å²) in [4.78, 5) is 0. The predicted molar refractivity (Wildman–Crippen MR) is 84.9 cm³/mol. The lowest BCUT2D eigenvalue weighted by atomic mass is 9.88. The smallest absolute Gasteiger partial charge is 0.0693 e. The number of aliphatic hydroxyl groups excluding tert-OH is 1. The van der Waals surface area contributed by atoms with E-state index in [1.807, 2.05) is 0 Å². The minimum Gasteiger partial charge on any atom is -0.392 e. The van der Waals surface area contributed by atoms with Crippen LogP contribution in [-0.2, 0) is 0 Å². The molecule has 2 nitrogen and oxygen atoms in total. The van der Waals surface area contributed by atoms with Gasteiger partial charge >= 0.3 is 0 Å². The van der Waals surface area contributed by atoms with Crippen LogP contribution in [0.15, 0.2) is 30.3 Å². The van der Waals surface area contributed by atoms with E-state index in [0.717, 1.165) is 19.4 Å². The van der Waals surface area contributed by atoms with Gasteiger partial charge in [-0.05, 0) is 30.2 Å². The lowest BCUT2D eigenvalue weighted by Crippen LogP contribution is -2.41. The van der Waals surface area contributed by atoms with Gasteiger partial charge in [0.25, 0.3) is 0 Å². The van der Waals surface area contributed by atoms with Crippen LogP contribution in [-0.4, -0.2) is 23.8 Å². The van der Waals surface area contributed by atoms with Crippen molar-refractivity contribution in [1.82, 2.24) is 5.32 Å². The van der Waals surface area contributed by atoms with Crippen LogP contribution in [0.1, 0.15) is 57.4 Å². The van der Waals surface area contributed by atoms with E-state index in [9.17, 15) is 5.11 Å². The molecule has 1 saturated carbocycles. The fourth-order valence-electron chi connectivity index (χ4n) is 3.24. The van der Waals surface area contributed by atoms with Crippen LogP contribution in [0, 0.1) is 5.92 Å². The summed E-state index contributed by atoms with van der Waals surface area (Å²) in [5.74, 6) is 1.12. The maximum atomic E-state index is 10.2. The first-order valence-corrected chi connectivity index (χ1v) is 8.15. The molecule has 1 aliphatic carbocycles. The second-order valence-electron chi connectivity index (χ2n) is 6.48.